The van der Waals surface area contributed by atoms with E-state index in [-0.39, 0.29) is 30.1 Å². The van der Waals surface area contributed by atoms with Gasteiger partial charge in [0.05, 0.1) is 18.8 Å². The normalized spacial score (nSPS) is 16.4. The minimum absolute atomic E-state index is 0.0994. The number of nitrogens with zero attached hydrogens (tertiary/aromatic N) is 3. The molecule has 1 aromatic heterocycles. The Morgan fingerprint density at radius 1 is 1.08 bits per heavy atom. The number of amides is 1. The number of rotatable bonds is 5. The largest absolute Gasteiger partial charge is 0.444 e. The van der Waals surface area contributed by atoms with Crippen LogP contribution in [0.5, 0.6) is 0 Å². The molecule has 194 valence electrons. The van der Waals surface area contributed by atoms with Crippen LogP contribution in [0.1, 0.15) is 50.3 Å². The van der Waals surface area contributed by atoms with E-state index in [1.807, 2.05) is 0 Å². The lowest BCUT2D eigenvalue weighted by atomic mass is 9.73. The lowest BCUT2D eigenvalue weighted by Gasteiger charge is -2.42. The third-order valence-corrected chi connectivity index (χ3v) is 6.29. The Kier molecular flexibility index (Phi) is 6.96. The number of alkyl halides is 3. The van der Waals surface area contributed by atoms with E-state index in [1.54, 1.807) is 37.8 Å². The molecule has 1 N–H and O–H groups in total. The van der Waals surface area contributed by atoms with Gasteiger partial charge < -0.3 is 14.4 Å². The van der Waals surface area contributed by atoms with E-state index in [4.69, 9.17) is 9.47 Å². The van der Waals surface area contributed by atoms with E-state index < -0.39 is 28.8 Å². The molecular formula is C25H28F4N4O3. The van der Waals surface area contributed by atoms with Gasteiger partial charge in [0.25, 0.3) is 0 Å². The van der Waals surface area contributed by atoms with Crippen LogP contribution in [0, 0.1) is 5.82 Å². The van der Waals surface area contributed by atoms with Crippen molar-refractivity contribution >= 4 is 17.1 Å². The summed E-state index contributed by atoms with van der Waals surface area (Å²) < 4.78 is 65.2. The monoisotopic (exact) mass is 508 g/mol. The molecule has 3 aromatic rings. The summed E-state index contributed by atoms with van der Waals surface area (Å²) in [6, 6.07) is 8.05. The third kappa shape index (κ3) is 5.77. The number of likely N-dealkylation sites (tertiary alicyclic amines) is 1. The minimum atomic E-state index is -4.54. The number of hydrogen-bond donors (Lipinski definition) is 1. The molecule has 7 nitrogen and oxygen atoms in total. The van der Waals surface area contributed by atoms with E-state index >= 15 is 0 Å². The van der Waals surface area contributed by atoms with Gasteiger partial charge in [-0.3, -0.25) is 0 Å². The molecule has 4 rings (SSSR count). The molecular weight excluding hydrogens is 480 g/mol. The molecule has 0 atom stereocenters. The lowest BCUT2D eigenvalue weighted by molar-refractivity contribution is -0.137. The molecule has 0 spiro atoms. The maximum absolute atomic E-state index is 13.6. The Morgan fingerprint density at radius 2 is 1.75 bits per heavy atom. The molecule has 0 radical (unpaired) electrons. The highest BCUT2D eigenvalue weighted by Gasteiger charge is 2.39. The number of benzene rings is 2. The van der Waals surface area contributed by atoms with E-state index in [9.17, 15) is 22.4 Å². The average molecular weight is 509 g/mol. The first kappa shape index (κ1) is 25.9. The standard InChI is InChI=1S/C25H28F4N4O3/c1-23(2,3)36-22(34)33-10-8-24(9-11-33,17-4-6-19(26)7-5-17)15-35-14-16-12-18(25(27,28)29)13-20-21(16)31-32-30-20/h4-7,12-13H,8-11,14-15H2,1-3H3,(H,30,31,32). The number of carbonyl (C=O) groups excluding carboxylic acids is 1. The molecule has 1 saturated heterocycles. The highest BCUT2D eigenvalue weighted by molar-refractivity contribution is 5.78. The molecule has 0 saturated carbocycles. The summed E-state index contributed by atoms with van der Waals surface area (Å²) >= 11 is 0. The number of hydrogen-bond acceptors (Lipinski definition) is 5. The first-order valence-corrected chi connectivity index (χ1v) is 11.6. The summed E-state index contributed by atoms with van der Waals surface area (Å²) in [5, 5.41) is 10.1. The molecule has 2 heterocycles. The molecule has 36 heavy (non-hydrogen) atoms. The van der Waals surface area contributed by atoms with Crippen molar-refractivity contribution in [3.8, 4) is 0 Å². The van der Waals surface area contributed by atoms with Crippen LogP contribution >= 0.6 is 0 Å². The molecule has 0 unspecified atom stereocenters. The smallest absolute Gasteiger partial charge is 0.416 e. The van der Waals surface area contributed by atoms with Gasteiger partial charge in [-0.25, -0.2) is 9.18 Å². The van der Waals surface area contributed by atoms with Crippen molar-refractivity contribution in [3.05, 3.63) is 58.9 Å². The number of aromatic nitrogens is 3. The quantitative estimate of drug-likeness (QED) is 0.454. The Bertz CT molecular complexity index is 1210. The Labute approximate surface area is 205 Å². The van der Waals surface area contributed by atoms with Gasteiger partial charge in [0.15, 0.2) is 0 Å². The predicted octanol–water partition coefficient (Wildman–Crippen LogP) is 5.60. The minimum Gasteiger partial charge on any atom is -0.444 e. The fraction of sp³-hybridized carbons (Fsp3) is 0.480. The van der Waals surface area contributed by atoms with Crippen LogP contribution in [0.2, 0.25) is 0 Å². The topological polar surface area (TPSA) is 80.3 Å². The van der Waals surface area contributed by atoms with Crippen molar-refractivity contribution in [1.29, 1.82) is 0 Å². The summed E-state index contributed by atoms with van der Waals surface area (Å²) in [5.74, 6) is -0.376. The molecule has 2 aromatic carbocycles. The van der Waals surface area contributed by atoms with Crippen LogP contribution in [-0.4, -0.2) is 51.7 Å². The third-order valence-electron chi connectivity index (χ3n) is 6.29. The molecule has 11 heteroatoms. The Morgan fingerprint density at radius 3 is 2.36 bits per heavy atom. The number of piperidine rings is 1. The summed E-state index contributed by atoms with van der Waals surface area (Å²) in [4.78, 5) is 14.2. The van der Waals surface area contributed by atoms with Gasteiger partial charge in [0.2, 0.25) is 0 Å². The van der Waals surface area contributed by atoms with Gasteiger partial charge >= 0.3 is 12.3 Å². The van der Waals surface area contributed by atoms with Crippen LogP contribution in [0.3, 0.4) is 0 Å². The predicted molar refractivity (Wildman–Crippen MR) is 124 cm³/mol. The van der Waals surface area contributed by atoms with E-state index in [0.717, 1.165) is 17.7 Å². The van der Waals surface area contributed by atoms with Crippen LogP contribution in [0.25, 0.3) is 11.0 Å². The van der Waals surface area contributed by atoms with Crippen molar-refractivity contribution in [3.63, 3.8) is 0 Å². The van der Waals surface area contributed by atoms with E-state index in [1.165, 1.54) is 12.1 Å². The van der Waals surface area contributed by atoms with Crippen LogP contribution in [-0.2, 0) is 27.7 Å². The number of aromatic amines is 1. The molecule has 0 aliphatic carbocycles. The zero-order chi connectivity index (χ0) is 26.1. The lowest BCUT2D eigenvalue weighted by Crippen LogP contribution is -2.48. The highest BCUT2D eigenvalue weighted by Crippen LogP contribution is 2.37. The number of carbonyl (C=O) groups is 1. The highest BCUT2D eigenvalue weighted by atomic mass is 19.4. The summed E-state index contributed by atoms with van der Waals surface area (Å²) in [7, 11) is 0. The summed E-state index contributed by atoms with van der Waals surface area (Å²) in [6.45, 7) is 6.23. The first-order valence-electron chi connectivity index (χ1n) is 11.6. The van der Waals surface area contributed by atoms with Crippen LogP contribution in [0.4, 0.5) is 22.4 Å². The van der Waals surface area contributed by atoms with Crippen molar-refractivity contribution in [2.45, 2.75) is 57.4 Å². The molecule has 1 aliphatic heterocycles. The number of ether oxygens (including phenoxy) is 2. The van der Waals surface area contributed by atoms with Gasteiger partial charge in [-0.1, -0.05) is 12.1 Å². The van der Waals surface area contributed by atoms with Crippen LogP contribution in [0.15, 0.2) is 36.4 Å². The van der Waals surface area contributed by atoms with E-state index in [0.29, 0.717) is 31.4 Å². The maximum atomic E-state index is 13.6. The average Bonchev–Trinajstić information content (AvgIpc) is 3.27. The first-order chi connectivity index (χ1) is 16.9. The maximum Gasteiger partial charge on any atom is 0.416 e. The molecule has 1 amide bonds. The van der Waals surface area contributed by atoms with Gasteiger partial charge in [-0.05, 0) is 63.4 Å². The van der Waals surface area contributed by atoms with E-state index in [2.05, 4.69) is 15.4 Å². The van der Waals surface area contributed by atoms with Gasteiger partial charge in [0.1, 0.15) is 22.5 Å². The number of halogens is 4. The fourth-order valence-corrected chi connectivity index (χ4v) is 4.41. The Hall–Kier alpha value is -3.21. The number of fused-ring (bicyclic) bond motifs is 1. The molecule has 1 aliphatic rings. The van der Waals surface area contributed by atoms with Gasteiger partial charge in [-0.2, -0.15) is 28.6 Å². The van der Waals surface area contributed by atoms with Crippen LogP contribution < -0.4 is 0 Å². The zero-order valence-corrected chi connectivity index (χ0v) is 20.3. The summed E-state index contributed by atoms with van der Waals surface area (Å²) in [6.07, 6.45) is -3.92. The number of H-pyrrole nitrogens is 1. The number of nitrogens with one attached hydrogen (secondary N) is 1. The van der Waals surface area contributed by atoms with Gasteiger partial charge in [0, 0.05) is 24.1 Å². The fourth-order valence-electron chi connectivity index (χ4n) is 4.41. The Balaban J connectivity index is 1.53. The molecule has 1 fully saturated rings. The van der Waals surface area contributed by atoms with Crippen molar-refractivity contribution in [2.24, 2.45) is 0 Å². The van der Waals surface area contributed by atoms with Gasteiger partial charge in [-0.15, -0.1) is 0 Å². The SMILES string of the molecule is CC(C)(C)OC(=O)N1CCC(COCc2cc(C(F)(F)F)cc3n[nH]nc23)(c2ccc(F)cc2)CC1. The molecule has 0 bridgehead atoms. The second kappa shape index (κ2) is 9.68. The second-order valence-corrected chi connectivity index (χ2v) is 10.1. The van der Waals surface area contributed by atoms with Crippen molar-refractivity contribution in [1.82, 2.24) is 20.3 Å². The zero-order valence-electron chi connectivity index (χ0n) is 20.3. The summed E-state index contributed by atoms with van der Waals surface area (Å²) in [5.41, 5.74) is -0.514. The van der Waals surface area contributed by atoms with Crippen molar-refractivity contribution < 1.29 is 31.8 Å². The second-order valence-electron chi connectivity index (χ2n) is 10.1. The van der Waals surface area contributed by atoms with Crippen molar-refractivity contribution in [2.75, 3.05) is 19.7 Å².